The lowest BCUT2D eigenvalue weighted by molar-refractivity contribution is -0.137. The van der Waals surface area contributed by atoms with E-state index in [4.69, 9.17) is 0 Å². The van der Waals surface area contributed by atoms with E-state index in [-0.39, 0.29) is 11.3 Å². The second-order valence-electron chi connectivity index (χ2n) is 7.79. The highest BCUT2D eigenvalue weighted by Gasteiger charge is 2.30. The van der Waals surface area contributed by atoms with E-state index < -0.39 is 23.6 Å². The molecule has 0 aliphatic rings. The molecule has 0 saturated heterocycles. The van der Waals surface area contributed by atoms with Crippen LogP contribution in [0.3, 0.4) is 0 Å². The quantitative estimate of drug-likeness (QED) is 0.437. The molecule has 34 heavy (non-hydrogen) atoms. The zero-order chi connectivity index (χ0) is 24.6. The van der Waals surface area contributed by atoms with E-state index in [0.29, 0.717) is 33.7 Å². The number of halogens is 3. The van der Waals surface area contributed by atoms with Crippen molar-refractivity contribution in [2.45, 2.75) is 20.0 Å². The SMILES string of the molecule is Cc1cc(C(=O)Nc2cccc(C(=O)Nc3cccc(C(F)(F)F)c3)c2)c2c(C)nn(C)c2n1. The van der Waals surface area contributed by atoms with Crippen LogP contribution in [0.2, 0.25) is 0 Å². The maximum atomic E-state index is 13.1. The number of benzene rings is 2. The summed E-state index contributed by atoms with van der Waals surface area (Å²) in [6.45, 7) is 3.56. The fourth-order valence-electron chi connectivity index (χ4n) is 3.66. The van der Waals surface area contributed by atoms with Crippen molar-refractivity contribution in [1.82, 2.24) is 14.8 Å². The number of aryl methyl sites for hydroxylation is 3. The molecule has 0 saturated carbocycles. The van der Waals surface area contributed by atoms with Crippen molar-refractivity contribution in [3.63, 3.8) is 0 Å². The zero-order valence-electron chi connectivity index (χ0n) is 18.5. The molecule has 10 heteroatoms. The summed E-state index contributed by atoms with van der Waals surface area (Å²) in [6.07, 6.45) is -4.52. The number of alkyl halides is 3. The van der Waals surface area contributed by atoms with Crippen LogP contribution in [-0.4, -0.2) is 26.6 Å². The van der Waals surface area contributed by atoms with Crippen LogP contribution in [0.1, 0.15) is 37.7 Å². The molecule has 174 valence electrons. The van der Waals surface area contributed by atoms with Gasteiger partial charge in [0.2, 0.25) is 0 Å². The van der Waals surface area contributed by atoms with E-state index in [1.54, 1.807) is 43.8 Å². The van der Waals surface area contributed by atoms with Crippen LogP contribution < -0.4 is 10.6 Å². The maximum absolute atomic E-state index is 13.1. The number of fused-ring (bicyclic) bond motifs is 1. The van der Waals surface area contributed by atoms with Crippen molar-refractivity contribution >= 4 is 34.2 Å². The number of rotatable bonds is 4. The van der Waals surface area contributed by atoms with Crippen LogP contribution in [0.4, 0.5) is 24.5 Å². The molecule has 0 radical (unpaired) electrons. The van der Waals surface area contributed by atoms with Gasteiger partial charge in [-0.15, -0.1) is 0 Å². The minimum absolute atomic E-state index is 0.0102. The Bertz CT molecular complexity index is 1430. The standard InChI is InChI=1S/C24H20F3N5O2/c1-13-10-19(20-14(2)31-32(3)21(20)28-13)23(34)30-17-8-4-6-15(11-17)22(33)29-18-9-5-7-16(12-18)24(25,26)27/h4-12H,1-3H3,(H,29,33)(H,30,34). The Morgan fingerprint density at radius 3 is 2.26 bits per heavy atom. The average molecular weight is 467 g/mol. The predicted molar refractivity (Wildman–Crippen MR) is 122 cm³/mol. The summed E-state index contributed by atoms with van der Waals surface area (Å²) in [5, 5.41) is 10.2. The van der Waals surface area contributed by atoms with Gasteiger partial charge in [-0.1, -0.05) is 12.1 Å². The smallest absolute Gasteiger partial charge is 0.322 e. The summed E-state index contributed by atoms with van der Waals surface area (Å²) in [5.74, 6) is -1.01. The summed E-state index contributed by atoms with van der Waals surface area (Å²) in [7, 11) is 1.75. The highest BCUT2D eigenvalue weighted by atomic mass is 19.4. The Morgan fingerprint density at radius 2 is 1.56 bits per heavy atom. The zero-order valence-corrected chi connectivity index (χ0v) is 18.5. The molecule has 4 aromatic rings. The van der Waals surface area contributed by atoms with E-state index in [0.717, 1.165) is 12.1 Å². The number of nitrogens with one attached hydrogen (secondary N) is 2. The third-order valence-corrected chi connectivity index (χ3v) is 5.17. The molecule has 0 fully saturated rings. The van der Waals surface area contributed by atoms with Gasteiger partial charge in [-0.05, 0) is 56.3 Å². The summed E-state index contributed by atoms with van der Waals surface area (Å²) < 4.78 is 40.4. The lowest BCUT2D eigenvalue weighted by Crippen LogP contribution is -2.16. The third kappa shape index (κ3) is 4.61. The number of carbonyl (C=O) groups excluding carboxylic acids is 2. The van der Waals surface area contributed by atoms with Crippen molar-refractivity contribution in [2.24, 2.45) is 7.05 Å². The number of anilines is 2. The van der Waals surface area contributed by atoms with Gasteiger partial charge in [-0.2, -0.15) is 18.3 Å². The van der Waals surface area contributed by atoms with Crippen molar-refractivity contribution in [3.8, 4) is 0 Å². The molecule has 7 nitrogen and oxygen atoms in total. The number of amides is 2. The van der Waals surface area contributed by atoms with Crippen LogP contribution in [-0.2, 0) is 13.2 Å². The third-order valence-electron chi connectivity index (χ3n) is 5.17. The summed E-state index contributed by atoms with van der Waals surface area (Å²) in [6, 6.07) is 12.2. The molecule has 2 heterocycles. The van der Waals surface area contributed by atoms with Gasteiger partial charge in [0.15, 0.2) is 5.65 Å². The lowest BCUT2D eigenvalue weighted by Gasteiger charge is -2.11. The van der Waals surface area contributed by atoms with E-state index >= 15 is 0 Å². The number of aromatic nitrogens is 3. The Kier molecular flexibility index (Phi) is 5.82. The van der Waals surface area contributed by atoms with Gasteiger partial charge in [0.25, 0.3) is 11.8 Å². The van der Waals surface area contributed by atoms with Crippen LogP contribution in [0, 0.1) is 13.8 Å². The predicted octanol–water partition coefficient (Wildman–Crippen LogP) is 5.11. The topological polar surface area (TPSA) is 88.9 Å². The van der Waals surface area contributed by atoms with Crippen LogP contribution in [0.25, 0.3) is 11.0 Å². The molecule has 0 unspecified atom stereocenters. The first-order chi connectivity index (χ1) is 16.0. The molecule has 0 bridgehead atoms. The monoisotopic (exact) mass is 467 g/mol. The van der Waals surface area contributed by atoms with Gasteiger partial charge >= 0.3 is 6.18 Å². The maximum Gasteiger partial charge on any atom is 0.416 e. The van der Waals surface area contributed by atoms with Gasteiger partial charge in [0.1, 0.15) is 0 Å². The average Bonchev–Trinajstić information content (AvgIpc) is 3.06. The number of nitrogens with zero attached hydrogens (tertiary/aromatic N) is 3. The van der Waals surface area contributed by atoms with E-state index in [1.807, 2.05) is 0 Å². The fraction of sp³-hybridized carbons (Fsp3) is 0.167. The molecular formula is C24H20F3N5O2. The molecular weight excluding hydrogens is 447 g/mol. The second kappa shape index (κ2) is 8.62. The second-order valence-corrected chi connectivity index (χ2v) is 7.79. The van der Waals surface area contributed by atoms with Crippen LogP contribution >= 0.6 is 0 Å². The molecule has 0 aliphatic heterocycles. The van der Waals surface area contributed by atoms with Gasteiger partial charge in [0, 0.05) is 29.7 Å². The molecule has 2 aromatic carbocycles. The van der Waals surface area contributed by atoms with E-state index in [1.165, 1.54) is 24.3 Å². The highest BCUT2D eigenvalue weighted by molar-refractivity contribution is 6.13. The molecule has 2 amide bonds. The Hall–Kier alpha value is -4.21. The molecule has 2 aromatic heterocycles. The molecule has 2 N–H and O–H groups in total. The van der Waals surface area contributed by atoms with Crippen molar-refractivity contribution in [2.75, 3.05) is 10.6 Å². The number of hydrogen-bond donors (Lipinski definition) is 2. The molecule has 0 spiro atoms. The van der Waals surface area contributed by atoms with E-state index in [9.17, 15) is 22.8 Å². The lowest BCUT2D eigenvalue weighted by atomic mass is 10.1. The first-order valence-electron chi connectivity index (χ1n) is 10.2. The normalized spacial score (nSPS) is 11.5. The minimum atomic E-state index is -4.52. The van der Waals surface area contributed by atoms with Crippen molar-refractivity contribution in [3.05, 3.63) is 82.7 Å². The van der Waals surface area contributed by atoms with Gasteiger partial charge in [-0.25, -0.2) is 4.98 Å². The fourth-order valence-corrected chi connectivity index (χ4v) is 3.66. The van der Waals surface area contributed by atoms with Crippen LogP contribution in [0.15, 0.2) is 54.6 Å². The Labute approximate surface area is 192 Å². The summed E-state index contributed by atoms with van der Waals surface area (Å²) in [5.41, 5.74) is 1.95. The van der Waals surface area contributed by atoms with E-state index in [2.05, 4.69) is 20.7 Å². The highest BCUT2D eigenvalue weighted by Crippen LogP contribution is 2.31. The molecule has 4 rings (SSSR count). The summed E-state index contributed by atoms with van der Waals surface area (Å²) in [4.78, 5) is 30.1. The first-order valence-corrected chi connectivity index (χ1v) is 10.2. The van der Waals surface area contributed by atoms with Gasteiger partial charge < -0.3 is 10.6 Å². The Morgan fingerprint density at radius 1 is 0.912 bits per heavy atom. The molecule has 0 aliphatic carbocycles. The van der Waals surface area contributed by atoms with Crippen molar-refractivity contribution < 1.29 is 22.8 Å². The van der Waals surface area contributed by atoms with Gasteiger partial charge in [0.05, 0.1) is 22.2 Å². The number of carbonyl (C=O) groups is 2. The largest absolute Gasteiger partial charge is 0.416 e. The number of pyridine rings is 1. The summed E-state index contributed by atoms with van der Waals surface area (Å²) >= 11 is 0. The first kappa shape index (κ1) is 23.0. The number of hydrogen-bond acceptors (Lipinski definition) is 4. The van der Waals surface area contributed by atoms with Crippen LogP contribution in [0.5, 0.6) is 0 Å². The molecule has 0 atom stereocenters. The Balaban J connectivity index is 1.56. The van der Waals surface area contributed by atoms with Crippen molar-refractivity contribution in [1.29, 1.82) is 0 Å². The minimum Gasteiger partial charge on any atom is -0.322 e. The van der Waals surface area contributed by atoms with Gasteiger partial charge in [-0.3, -0.25) is 14.3 Å².